The van der Waals surface area contributed by atoms with Crippen LogP contribution in [0.1, 0.15) is 39.3 Å². The average Bonchev–Trinajstić information content (AvgIpc) is 3.13. The zero-order valence-electron chi connectivity index (χ0n) is 20.1. The Balaban J connectivity index is 1.22. The maximum atomic E-state index is 14.2. The highest BCUT2D eigenvalue weighted by molar-refractivity contribution is 7.91. The number of hydrogen-bond acceptors (Lipinski definition) is 7. The largest absolute Gasteiger partial charge is 0.376 e. The lowest BCUT2D eigenvalue weighted by atomic mass is 10.1. The molecule has 4 aromatic rings. The van der Waals surface area contributed by atoms with Gasteiger partial charge in [-0.2, -0.15) is 8.78 Å². The van der Waals surface area contributed by atoms with Crippen molar-refractivity contribution in [3.8, 4) is 11.4 Å². The maximum Gasteiger partial charge on any atom is 0.290 e. The number of hydrogen-bond donors (Lipinski definition) is 1. The highest BCUT2D eigenvalue weighted by atomic mass is 32.2. The molecule has 38 heavy (non-hydrogen) atoms. The Morgan fingerprint density at radius 3 is 2.68 bits per heavy atom. The van der Waals surface area contributed by atoms with E-state index in [0.29, 0.717) is 40.1 Å². The average molecular weight is 537 g/mol. The fraction of sp³-hybridized carbons (Fsp3) is 0.259. The lowest BCUT2D eigenvalue weighted by Gasteiger charge is -2.11. The fourth-order valence-electron chi connectivity index (χ4n) is 4.69. The van der Waals surface area contributed by atoms with Crippen molar-refractivity contribution < 1.29 is 26.7 Å². The van der Waals surface area contributed by atoms with Crippen LogP contribution in [0.25, 0.3) is 22.3 Å². The Labute approximate surface area is 217 Å². The maximum absolute atomic E-state index is 14.2. The Morgan fingerprint density at radius 1 is 1.03 bits per heavy atom. The summed E-state index contributed by atoms with van der Waals surface area (Å²) in [6, 6.07) is 13.1. The second-order valence-electron chi connectivity index (χ2n) is 9.35. The molecule has 0 radical (unpaired) electrons. The number of aryl methyl sites for hydroxylation is 1. The summed E-state index contributed by atoms with van der Waals surface area (Å²) < 4.78 is 58.7. The summed E-state index contributed by atoms with van der Waals surface area (Å²) in [5.41, 5.74) is 3.04. The first kappa shape index (κ1) is 24.5. The van der Waals surface area contributed by atoms with E-state index in [2.05, 4.69) is 20.3 Å². The van der Waals surface area contributed by atoms with E-state index in [1.807, 2.05) is 0 Å². The number of nitrogens with zero attached hydrogens (tertiary/aromatic N) is 3. The van der Waals surface area contributed by atoms with Gasteiger partial charge in [0.05, 0.1) is 53.0 Å². The molecule has 8 nitrogen and oxygen atoms in total. The number of carbonyl (C=O) groups excluding carboxylic acids is 1. The number of amides is 1. The molecule has 194 valence electrons. The Morgan fingerprint density at radius 2 is 1.82 bits per heavy atom. The zero-order valence-corrected chi connectivity index (χ0v) is 20.9. The van der Waals surface area contributed by atoms with Gasteiger partial charge in [-0.25, -0.2) is 18.4 Å². The van der Waals surface area contributed by atoms with Crippen LogP contribution in [-0.2, 0) is 40.1 Å². The standard InChI is InChI=1S/C27H22F2N4O4S/c28-27(29)8-7-16-3-5-22(33-25(16)27)21-6-4-18-13-30-20(12-23(18)32-21)14-31-26(34)17-1-2-19-15-37-9-10-38(35,36)24(19)11-17/h1-6,11-13H,7-10,14-15H2,(H,31,34). The molecule has 0 fully saturated rings. The van der Waals surface area contributed by atoms with E-state index in [9.17, 15) is 22.0 Å². The van der Waals surface area contributed by atoms with Crippen LogP contribution in [-0.4, -0.2) is 41.6 Å². The first-order chi connectivity index (χ1) is 18.2. The summed E-state index contributed by atoms with van der Waals surface area (Å²) in [4.78, 5) is 26.1. The van der Waals surface area contributed by atoms with Crippen molar-refractivity contribution in [3.63, 3.8) is 0 Å². The van der Waals surface area contributed by atoms with Crippen LogP contribution in [0.4, 0.5) is 8.78 Å². The third-order valence-electron chi connectivity index (χ3n) is 6.77. The number of carbonyl (C=O) groups is 1. The minimum Gasteiger partial charge on any atom is -0.376 e. The molecule has 0 atom stereocenters. The molecule has 1 aliphatic carbocycles. The number of alkyl halides is 2. The van der Waals surface area contributed by atoms with Gasteiger partial charge in [-0.1, -0.05) is 12.1 Å². The summed E-state index contributed by atoms with van der Waals surface area (Å²) >= 11 is 0. The molecule has 3 aromatic heterocycles. The van der Waals surface area contributed by atoms with E-state index in [1.165, 1.54) is 6.07 Å². The monoisotopic (exact) mass is 536 g/mol. The van der Waals surface area contributed by atoms with Crippen molar-refractivity contribution in [3.05, 3.63) is 82.8 Å². The van der Waals surface area contributed by atoms with Crippen LogP contribution in [0.5, 0.6) is 0 Å². The molecular weight excluding hydrogens is 514 g/mol. The van der Waals surface area contributed by atoms with Gasteiger partial charge in [-0.15, -0.1) is 0 Å². The zero-order chi connectivity index (χ0) is 26.5. The van der Waals surface area contributed by atoms with Crippen LogP contribution < -0.4 is 5.32 Å². The van der Waals surface area contributed by atoms with Crippen molar-refractivity contribution in [2.24, 2.45) is 0 Å². The molecule has 0 saturated carbocycles. The number of nitrogens with one attached hydrogen (secondary N) is 1. The number of halogens is 2. The normalized spacial score (nSPS) is 17.4. The molecule has 1 amide bonds. The third-order valence-corrected chi connectivity index (χ3v) is 8.53. The SMILES string of the molecule is O=C(NCc1cc2nc(-c3ccc4c(n3)C(F)(F)CC4)ccc2cn1)c1ccc2c(c1)S(=O)(=O)CCOC2. The molecule has 2 aliphatic rings. The molecule has 1 aromatic carbocycles. The summed E-state index contributed by atoms with van der Waals surface area (Å²) in [5.74, 6) is -3.52. The van der Waals surface area contributed by atoms with Crippen molar-refractivity contribution in [2.75, 3.05) is 12.4 Å². The highest BCUT2D eigenvalue weighted by Crippen LogP contribution is 2.41. The molecular formula is C27H22F2N4O4S. The number of pyridine rings is 3. The molecule has 0 unspecified atom stereocenters. The smallest absolute Gasteiger partial charge is 0.290 e. The predicted octanol–water partition coefficient (Wildman–Crippen LogP) is 3.96. The van der Waals surface area contributed by atoms with Crippen molar-refractivity contribution >= 4 is 26.6 Å². The Kier molecular flexibility index (Phi) is 5.92. The Bertz CT molecular complexity index is 1710. The lowest BCUT2D eigenvalue weighted by Crippen LogP contribution is -2.23. The number of benzene rings is 1. The molecule has 0 saturated heterocycles. The Hall–Kier alpha value is -3.83. The van der Waals surface area contributed by atoms with Crippen LogP contribution in [0.2, 0.25) is 0 Å². The van der Waals surface area contributed by atoms with Crippen LogP contribution in [0.15, 0.2) is 59.6 Å². The minimum absolute atomic E-state index is 0.0803. The van der Waals surface area contributed by atoms with Gasteiger partial charge >= 0.3 is 0 Å². The van der Waals surface area contributed by atoms with E-state index in [0.717, 1.165) is 5.39 Å². The van der Waals surface area contributed by atoms with Crippen molar-refractivity contribution in [1.29, 1.82) is 0 Å². The second-order valence-corrected chi connectivity index (χ2v) is 11.4. The molecule has 4 heterocycles. The van der Waals surface area contributed by atoms with Gasteiger partial charge in [-0.05, 0) is 53.9 Å². The summed E-state index contributed by atoms with van der Waals surface area (Å²) in [6.07, 6.45) is 1.68. The van der Waals surface area contributed by atoms with Crippen molar-refractivity contribution in [1.82, 2.24) is 20.3 Å². The van der Waals surface area contributed by atoms with Gasteiger partial charge in [0, 0.05) is 23.6 Å². The number of sulfone groups is 1. The number of fused-ring (bicyclic) bond motifs is 3. The van der Waals surface area contributed by atoms with Gasteiger partial charge in [0.15, 0.2) is 9.84 Å². The van der Waals surface area contributed by atoms with Crippen molar-refractivity contribution in [2.45, 2.75) is 36.8 Å². The predicted molar refractivity (Wildman–Crippen MR) is 134 cm³/mol. The number of ether oxygens (including phenoxy) is 1. The van der Waals surface area contributed by atoms with E-state index in [-0.39, 0.29) is 48.1 Å². The first-order valence-electron chi connectivity index (χ1n) is 12.1. The summed E-state index contributed by atoms with van der Waals surface area (Å²) in [5, 5.41) is 3.51. The van der Waals surface area contributed by atoms with Gasteiger partial charge in [0.25, 0.3) is 11.8 Å². The highest BCUT2D eigenvalue weighted by Gasteiger charge is 2.41. The number of rotatable bonds is 4. The summed E-state index contributed by atoms with van der Waals surface area (Å²) in [6.45, 7) is 0.365. The third kappa shape index (κ3) is 4.52. The summed E-state index contributed by atoms with van der Waals surface area (Å²) in [7, 11) is -3.54. The lowest BCUT2D eigenvalue weighted by molar-refractivity contribution is -0.00584. The first-order valence-corrected chi connectivity index (χ1v) is 13.7. The molecule has 11 heteroatoms. The second kappa shape index (κ2) is 9.17. The minimum atomic E-state index is -3.54. The topological polar surface area (TPSA) is 111 Å². The fourth-order valence-corrected chi connectivity index (χ4v) is 6.08. The van der Waals surface area contributed by atoms with Crippen LogP contribution >= 0.6 is 0 Å². The van der Waals surface area contributed by atoms with Crippen LogP contribution in [0, 0.1) is 0 Å². The van der Waals surface area contributed by atoms with Gasteiger partial charge < -0.3 is 10.1 Å². The molecule has 0 spiro atoms. The molecule has 1 aliphatic heterocycles. The van der Waals surface area contributed by atoms with E-state index >= 15 is 0 Å². The molecule has 1 N–H and O–H groups in total. The van der Waals surface area contributed by atoms with Gasteiger partial charge in [-0.3, -0.25) is 9.78 Å². The van der Waals surface area contributed by atoms with Crippen LogP contribution in [0.3, 0.4) is 0 Å². The molecule has 6 rings (SSSR count). The van der Waals surface area contributed by atoms with E-state index in [1.54, 1.807) is 48.7 Å². The molecule has 0 bridgehead atoms. The quantitative estimate of drug-likeness (QED) is 0.420. The van der Waals surface area contributed by atoms with Gasteiger partial charge in [0.1, 0.15) is 5.69 Å². The number of aromatic nitrogens is 3. The van der Waals surface area contributed by atoms with Gasteiger partial charge in [0.2, 0.25) is 0 Å². The van der Waals surface area contributed by atoms with E-state index in [4.69, 9.17) is 4.74 Å². The van der Waals surface area contributed by atoms with E-state index < -0.39 is 21.7 Å².